The summed E-state index contributed by atoms with van der Waals surface area (Å²) in [6.45, 7) is 0.277. The molecule has 1 heterocycles. The third kappa shape index (κ3) is 3.04. The lowest BCUT2D eigenvalue weighted by Gasteiger charge is -2.10. The predicted molar refractivity (Wildman–Crippen MR) is 82.0 cm³/mol. The lowest BCUT2D eigenvalue weighted by atomic mass is 10.1. The maximum Gasteiger partial charge on any atom is 0.147 e. The lowest BCUT2D eigenvalue weighted by molar-refractivity contribution is 0.616. The smallest absolute Gasteiger partial charge is 0.147 e. The van der Waals surface area contributed by atoms with Gasteiger partial charge in [-0.25, -0.2) is 13.8 Å². The minimum atomic E-state index is -0.584. The quantitative estimate of drug-likeness (QED) is 0.800. The molecule has 0 saturated heterocycles. The van der Waals surface area contributed by atoms with Crippen molar-refractivity contribution in [3.8, 4) is 11.8 Å². The van der Waals surface area contributed by atoms with Crippen LogP contribution in [0.2, 0.25) is 0 Å². The molecule has 0 spiro atoms. The highest BCUT2D eigenvalue weighted by atomic mass is 19.1. The van der Waals surface area contributed by atoms with Gasteiger partial charge in [-0.2, -0.15) is 5.26 Å². The average Bonchev–Trinajstić information content (AvgIpc) is 3.07. The molecule has 0 unspecified atom stereocenters. The van der Waals surface area contributed by atoms with Crippen LogP contribution in [0.3, 0.4) is 0 Å². The predicted octanol–water partition coefficient (Wildman–Crippen LogP) is 3.63. The van der Waals surface area contributed by atoms with Gasteiger partial charge in [0.1, 0.15) is 23.3 Å². The highest BCUT2D eigenvalue weighted by Crippen LogP contribution is 2.20. The summed E-state index contributed by atoms with van der Waals surface area (Å²) in [7, 11) is 0. The molecule has 0 radical (unpaired) electrons. The molecule has 1 N–H and O–H groups in total. The van der Waals surface area contributed by atoms with Crippen molar-refractivity contribution < 1.29 is 8.78 Å². The van der Waals surface area contributed by atoms with Crippen molar-refractivity contribution in [2.24, 2.45) is 0 Å². The fourth-order valence-corrected chi connectivity index (χ4v) is 2.25. The zero-order valence-electron chi connectivity index (χ0n) is 12.0. The van der Waals surface area contributed by atoms with E-state index in [4.69, 9.17) is 5.26 Å². The molecule has 0 bridgehead atoms. The number of imidazole rings is 1. The number of halogens is 2. The molecule has 3 rings (SSSR count). The number of nitriles is 1. The molecule has 23 heavy (non-hydrogen) atoms. The second kappa shape index (κ2) is 6.28. The van der Waals surface area contributed by atoms with E-state index in [1.165, 1.54) is 24.5 Å². The van der Waals surface area contributed by atoms with Crippen LogP contribution in [-0.4, -0.2) is 9.55 Å². The Morgan fingerprint density at radius 3 is 2.74 bits per heavy atom. The Balaban J connectivity index is 1.79. The van der Waals surface area contributed by atoms with Crippen LogP contribution in [0.25, 0.3) is 5.69 Å². The molecule has 114 valence electrons. The van der Waals surface area contributed by atoms with Crippen LogP contribution in [0.5, 0.6) is 0 Å². The molecule has 0 amide bonds. The normalized spacial score (nSPS) is 10.3. The van der Waals surface area contributed by atoms with Crippen molar-refractivity contribution in [1.82, 2.24) is 9.55 Å². The number of anilines is 1. The molecule has 2 aromatic carbocycles. The van der Waals surface area contributed by atoms with Gasteiger partial charge in [-0.05, 0) is 29.8 Å². The Bertz CT molecular complexity index is 867. The van der Waals surface area contributed by atoms with Crippen molar-refractivity contribution >= 4 is 5.69 Å². The Labute approximate surface area is 131 Å². The fourth-order valence-electron chi connectivity index (χ4n) is 2.25. The summed E-state index contributed by atoms with van der Waals surface area (Å²) in [4.78, 5) is 3.88. The number of hydrogen-bond acceptors (Lipinski definition) is 3. The number of nitrogens with one attached hydrogen (secondary N) is 1. The molecular weight excluding hydrogens is 298 g/mol. The molecule has 0 aliphatic carbocycles. The third-order valence-electron chi connectivity index (χ3n) is 3.40. The number of hydrogen-bond donors (Lipinski definition) is 1. The van der Waals surface area contributed by atoms with E-state index in [2.05, 4.69) is 10.3 Å². The van der Waals surface area contributed by atoms with Crippen molar-refractivity contribution in [2.75, 3.05) is 5.32 Å². The molecule has 1 aromatic heterocycles. The van der Waals surface area contributed by atoms with E-state index in [1.807, 2.05) is 6.07 Å². The maximum absolute atomic E-state index is 14.2. The highest BCUT2D eigenvalue weighted by molar-refractivity contribution is 5.58. The van der Waals surface area contributed by atoms with Gasteiger partial charge < -0.3 is 9.88 Å². The van der Waals surface area contributed by atoms with Gasteiger partial charge in [0.05, 0.1) is 17.7 Å². The first-order valence-corrected chi connectivity index (χ1v) is 6.88. The summed E-state index contributed by atoms with van der Waals surface area (Å²) < 4.78 is 29.3. The van der Waals surface area contributed by atoms with Gasteiger partial charge in [0, 0.05) is 18.9 Å². The Kier molecular flexibility index (Phi) is 4.02. The van der Waals surface area contributed by atoms with Gasteiger partial charge in [0.25, 0.3) is 0 Å². The standard InChI is InChI=1S/C17H12F2N4/c18-14-2-1-3-16(13(14)9-20)22-10-12-4-5-17(15(19)8-12)23-7-6-21-11-23/h1-8,11,22H,10H2. The van der Waals surface area contributed by atoms with Crippen LogP contribution in [0, 0.1) is 23.0 Å². The van der Waals surface area contributed by atoms with Gasteiger partial charge >= 0.3 is 0 Å². The lowest BCUT2D eigenvalue weighted by Crippen LogP contribution is -2.04. The fraction of sp³-hybridized carbons (Fsp3) is 0.0588. The monoisotopic (exact) mass is 310 g/mol. The SMILES string of the molecule is N#Cc1c(F)cccc1NCc1ccc(-n2ccnc2)c(F)c1. The number of aromatic nitrogens is 2. The van der Waals surface area contributed by atoms with E-state index in [-0.39, 0.29) is 17.9 Å². The molecule has 3 aromatic rings. The van der Waals surface area contributed by atoms with Crippen molar-refractivity contribution in [3.63, 3.8) is 0 Å². The van der Waals surface area contributed by atoms with Gasteiger partial charge in [0.2, 0.25) is 0 Å². The van der Waals surface area contributed by atoms with Crippen LogP contribution in [-0.2, 0) is 6.54 Å². The van der Waals surface area contributed by atoms with Crippen LogP contribution in [0.1, 0.15) is 11.1 Å². The maximum atomic E-state index is 14.2. The average molecular weight is 310 g/mol. The second-order valence-electron chi connectivity index (χ2n) is 4.88. The molecule has 0 fully saturated rings. The molecule has 6 heteroatoms. The summed E-state index contributed by atoms with van der Waals surface area (Å²) >= 11 is 0. The summed E-state index contributed by atoms with van der Waals surface area (Å²) in [5, 5.41) is 11.9. The number of benzene rings is 2. The Morgan fingerprint density at radius 2 is 2.04 bits per heavy atom. The van der Waals surface area contributed by atoms with Crippen molar-refractivity contribution in [2.45, 2.75) is 6.54 Å². The van der Waals surface area contributed by atoms with Crippen molar-refractivity contribution in [3.05, 3.63) is 77.9 Å². The molecule has 4 nitrogen and oxygen atoms in total. The largest absolute Gasteiger partial charge is 0.380 e. The topological polar surface area (TPSA) is 53.6 Å². The first kappa shape index (κ1) is 14.7. The second-order valence-corrected chi connectivity index (χ2v) is 4.88. The molecule has 0 aliphatic rings. The van der Waals surface area contributed by atoms with E-state index >= 15 is 0 Å². The van der Waals surface area contributed by atoms with E-state index in [0.29, 0.717) is 16.9 Å². The van der Waals surface area contributed by atoms with Gasteiger partial charge in [-0.3, -0.25) is 0 Å². The van der Waals surface area contributed by atoms with Crippen LogP contribution >= 0.6 is 0 Å². The molecule has 0 atom stereocenters. The van der Waals surface area contributed by atoms with Crippen molar-refractivity contribution in [1.29, 1.82) is 5.26 Å². The Hall–Kier alpha value is -3.20. The molecular formula is C17H12F2N4. The van der Waals surface area contributed by atoms with Crippen LogP contribution in [0.15, 0.2) is 55.1 Å². The van der Waals surface area contributed by atoms with Crippen LogP contribution in [0.4, 0.5) is 14.5 Å². The number of rotatable bonds is 4. The third-order valence-corrected chi connectivity index (χ3v) is 3.40. The Morgan fingerprint density at radius 1 is 1.17 bits per heavy atom. The van der Waals surface area contributed by atoms with Gasteiger partial charge in [-0.1, -0.05) is 12.1 Å². The van der Waals surface area contributed by atoms with Gasteiger partial charge in [-0.15, -0.1) is 0 Å². The van der Waals surface area contributed by atoms with E-state index in [9.17, 15) is 8.78 Å². The zero-order valence-corrected chi connectivity index (χ0v) is 12.0. The van der Waals surface area contributed by atoms with E-state index in [0.717, 1.165) is 0 Å². The summed E-state index contributed by atoms with van der Waals surface area (Å²) in [6.07, 6.45) is 4.74. The zero-order chi connectivity index (χ0) is 16.2. The minimum absolute atomic E-state index is 0.0528. The van der Waals surface area contributed by atoms with Crippen LogP contribution < -0.4 is 5.32 Å². The summed E-state index contributed by atoms with van der Waals surface area (Å²) in [5.41, 5.74) is 1.41. The molecule has 0 aliphatic heterocycles. The highest BCUT2D eigenvalue weighted by Gasteiger charge is 2.09. The summed E-state index contributed by atoms with van der Waals surface area (Å²) in [5.74, 6) is -0.971. The summed E-state index contributed by atoms with van der Waals surface area (Å²) in [6, 6.07) is 11.0. The number of nitrogens with zero attached hydrogens (tertiary/aromatic N) is 3. The first-order valence-electron chi connectivity index (χ1n) is 6.88. The minimum Gasteiger partial charge on any atom is -0.380 e. The van der Waals surface area contributed by atoms with E-state index < -0.39 is 5.82 Å². The van der Waals surface area contributed by atoms with Gasteiger partial charge in [0.15, 0.2) is 0 Å². The first-order chi connectivity index (χ1) is 11.2. The molecule has 0 saturated carbocycles. The van der Waals surface area contributed by atoms with E-state index in [1.54, 1.807) is 35.2 Å².